The molecule has 2 aromatic rings. The molecule has 1 N–H and O–H groups in total. The zero-order chi connectivity index (χ0) is 13.9. The van der Waals surface area contributed by atoms with Crippen molar-refractivity contribution in [1.82, 2.24) is 19.7 Å². The van der Waals surface area contributed by atoms with Gasteiger partial charge in [0.15, 0.2) is 4.96 Å². The lowest BCUT2D eigenvalue weighted by Gasteiger charge is -2.22. The van der Waals surface area contributed by atoms with Crippen LogP contribution in [0.5, 0.6) is 0 Å². The molecule has 1 aliphatic heterocycles. The van der Waals surface area contributed by atoms with E-state index in [1.165, 1.54) is 0 Å². The second-order valence-electron chi connectivity index (χ2n) is 5.02. The van der Waals surface area contributed by atoms with Gasteiger partial charge in [-0.3, -0.25) is 9.20 Å². The number of hydrogen-bond acceptors (Lipinski definition) is 5. The molecule has 0 spiro atoms. The molecule has 3 heterocycles. The number of imidazole rings is 1. The molecule has 0 aliphatic carbocycles. The van der Waals surface area contributed by atoms with Crippen LogP contribution in [-0.4, -0.2) is 46.0 Å². The number of hydrogen-bond donors (Lipinski definition) is 1. The molecule has 1 aliphatic rings. The van der Waals surface area contributed by atoms with Crippen LogP contribution >= 0.6 is 11.3 Å². The summed E-state index contributed by atoms with van der Waals surface area (Å²) in [5.41, 5.74) is 4.48. The molecular weight excluding hydrogens is 274 g/mol. The number of piperidine rings is 1. The minimum atomic E-state index is -0.109. The van der Waals surface area contributed by atoms with E-state index in [9.17, 15) is 4.79 Å². The second-order valence-corrected chi connectivity index (χ2v) is 5.89. The summed E-state index contributed by atoms with van der Waals surface area (Å²) in [5, 5.41) is 6.18. The normalized spacial score (nSPS) is 16.6. The highest BCUT2D eigenvalue weighted by molar-refractivity contribution is 7.15. The van der Waals surface area contributed by atoms with Crippen LogP contribution in [0.25, 0.3) is 4.96 Å². The Morgan fingerprint density at radius 3 is 3.05 bits per heavy atom. The van der Waals surface area contributed by atoms with Gasteiger partial charge in [0, 0.05) is 49.4 Å². The van der Waals surface area contributed by atoms with Crippen LogP contribution in [0.15, 0.2) is 22.9 Å². The summed E-state index contributed by atoms with van der Waals surface area (Å²) in [5.74, 6) is -0.109. The molecule has 3 rings (SSSR count). The van der Waals surface area contributed by atoms with Gasteiger partial charge in [0.2, 0.25) is 5.91 Å². The standard InChI is InChI=1S/C13H17N5OS/c1-17-4-2-10(3-5-17)15-16-12(19)8-11-9-18-6-7-20-13(18)14-11/h6-7,9H,2-5,8H2,1H3,(H,16,19). The van der Waals surface area contributed by atoms with Gasteiger partial charge in [0.25, 0.3) is 0 Å². The molecule has 20 heavy (non-hydrogen) atoms. The van der Waals surface area contributed by atoms with Gasteiger partial charge in [-0.25, -0.2) is 10.4 Å². The number of nitrogens with zero attached hydrogens (tertiary/aromatic N) is 4. The Morgan fingerprint density at radius 2 is 2.30 bits per heavy atom. The Balaban J connectivity index is 1.54. The third-order valence-corrected chi connectivity index (χ3v) is 4.16. The van der Waals surface area contributed by atoms with Crippen LogP contribution in [0, 0.1) is 0 Å². The Hall–Kier alpha value is -1.73. The van der Waals surface area contributed by atoms with E-state index in [0.717, 1.165) is 42.3 Å². The van der Waals surface area contributed by atoms with Crippen molar-refractivity contribution in [3.63, 3.8) is 0 Å². The predicted molar refractivity (Wildman–Crippen MR) is 79.1 cm³/mol. The van der Waals surface area contributed by atoms with Gasteiger partial charge >= 0.3 is 0 Å². The molecule has 1 saturated heterocycles. The maximum absolute atomic E-state index is 11.8. The molecule has 0 radical (unpaired) electrons. The van der Waals surface area contributed by atoms with E-state index in [4.69, 9.17) is 0 Å². The van der Waals surface area contributed by atoms with Gasteiger partial charge in [-0.1, -0.05) is 0 Å². The molecular formula is C13H17N5OS. The van der Waals surface area contributed by atoms with Gasteiger partial charge in [-0.05, 0) is 7.05 Å². The molecule has 0 bridgehead atoms. The van der Waals surface area contributed by atoms with Crippen molar-refractivity contribution in [3.05, 3.63) is 23.5 Å². The van der Waals surface area contributed by atoms with Crippen molar-refractivity contribution in [2.45, 2.75) is 19.3 Å². The van der Waals surface area contributed by atoms with Gasteiger partial charge < -0.3 is 4.90 Å². The summed E-state index contributed by atoms with van der Waals surface area (Å²) in [6.07, 6.45) is 5.94. The molecule has 0 unspecified atom stereocenters. The third kappa shape index (κ3) is 3.05. The SMILES string of the molecule is CN1CCC(=NNC(=O)Cc2cn3ccsc3n2)CC1. The van der Waals surface area contributed by atoms with Crippen LogP contribution < -0.4 is 5.43 Å². The number of thiazole rings is 1. The molecule has 2 aromatic heterocycles. The fraction of sp³-hybridized carbons (Fsp3) is 0.462. The van der Waals surface area contributed by atoms with Crippen LogP contribution in [0.2, 0.25) is 0 Å². The van der Waals surface area contributed by atoms with E-state index in [1.54, 1.807) is 11.3 Å². The van der Waals surface area contributed by atoms with Gasteiger partial charge in [0.1, 0.15) is 0 Å². The lowest BCUT2D eigenvalue weighted by Crippen LogP contribution is -2.32. The van der Waals surface area contributed by atoms with E-state index in [0.29, 0.717) is 0 Å². The molecule has 6 nitrogen and oxygen atoms in total. The number of fused-ring (bicyclic) bond motifs is 1. The molecule has 1 fully saturated rings. The molecule has 0 aromatic carbocycles. The molecule has 0 atom stereocenters. The highest BCUT2D eigenvalue weighted by Crippen LogP contribution is 2.11. The Morgan fingerprint density at radius 1 is 1.50 bits per heavy atom. The van der Waals surface area contributed by atoms with E-state index in [1.807, 2.05) is 22.2 Å². The van der Waals surface area contributed by atoms with Gasteiger partial charge in [-0.2, -0.15) is 5.10 Å². The number of aromatic nitrogens is 2. The summed E-state index contributed by atoms with van der Waals surface area (Å²) in [6.45, 7) is 2.01. The van der Waals surface area contributed by atoms with Crippen LogP contribution in [0.4, 0.5) is 0 Å². The van der Waals surface area contributed by atoms with E-state index in [2.05, 4.69) is 27.5 Å². The first-order chi connectivity index (χ1) is 9.70. The maximum atomic E-state index is 11.8. The zero-order valence-corrected chi connectivity index (χ0v) is 12.2. The highest BCUT2D eigenvalue weighted by Gasteiger charge is 2.12. The summed E-state index contributed by atoms with van der Waals surface area (Å²) in [4.78, 5) is 19.4. The quantitative estimate of drug-likeness (QED) is 0.863. The first-order valence-corrected chi connectivity index (χ1v) is 7.52. The summed E-state index contributed by atoms with van der Waals surface area (Å²) < 4.78 is 1.93. The molecule has 7 heteroatoms. The number of carbonyl (C=O) groups is 1. The number of carbonyl (C=O) groups excluding carboxylic acids is 1. The van der Waals surface area contributed by atoms with Gasteiger partial charge in [0.05, 0.1) is 12.1 Å². The predicted octanol–water partition coefficient (Wildman–Crippen LogP) is 1.14. The third-order valence-electron chi connectivity index (χ3n) is 3.39. The van der Waals surface area contributed by atoms with Crippen molar-refractivity contribution in [1.29, 1.82) is 0 Å². The summed E-state index contributed by atoms with van der Waals surface area (Å²) in [6, 6.07) is 0. The highest BCUT2D eigenvalue weighted by atomic mass is 32.1. The van der Waals surface area contributed by atoms with Crippen LogP contribution in [0.1, 0.15) is 18.5 Å². The Labute approximate surface area is 121 Å². The maximum Gasteiger partial charge on any atom is 0.246 e. The number of hydrazone groups is 1. The van der Waals surface area contributed by atoms with E-state index < -0.39 is 0 Å². The first-order valence-electron chi connectivity index (χ1n) is 6.64. The Bertz CT molecular complexity index is 606. The second kappa shape index (κ2) is 5.72. The number of amides is 1. The smallest absolute Gasteiger partial charge is 0.246 e. The number of nitrogens with one attached hydrogen (secondary N) is 1. The Kier molecular flexibility index (Phi) is 3.79. The molecule has 0 saturated carbocycles. The average Bonchev–Trinajstić information content (AvgIpc) is 2.99. The number of likely N-dealkylation sites (tertiary alicyclic amines) is 1. The van der Waals surface area contributed by atoms with Crippen LogP contribution in [-0.2, 0) is 11.2 Å². The van der Waals surface area contributed by atoms with Crippen molar-refractivity contribution in [3.8, 4) is 0 Å². The van der Waals surface area contributed by atoms with Crippen molar-refractivity contribution < 1.29 is 4.79 Å². The fourth-order valence-electron chi connectivity index (χ4n) is 2.20. The first kappa shape index (κ1) is 13.3. The summed E-state index contributed by atoms with van der Waals surface area (Å²) >= 11 is 1.56. The van der Waals surface area contributed by atoms with Crippen molar-refractivity contribution in [2.24, 2.45) is 5.10 Å². The van der Waals surface area contributed by atoms with Crippen molar-refractivity contribution >= 4 is 27.9 Å². The molecule has 1 amide bonds. The minimum absolute atomic E-state index is 0.109. The minimum Gasteiger partial charge on any atom is -0.306 e. The van der Waals surface area contributed by atoms with Crippen LogP contribution in [0.3, 0.4) is 0 Å². The van der Waals surface area contributed by atoms with Gasteiger partial charge in [-0.15, -0.1) is 11.3 Å². The average molecular weight is 291 g/mol. The zero-order valence-electron chi connectivity index (χ0n) is 11.4. The lowest BCUT2D eigenvalue weighted by atomic mass is 10.1. The fourth-order valence-corrected chi connectivity index (χ4v) is 2.91. The summed E-state index contributed by atoms with van der Waals surface area (Å²) in [7, 11) is 2.10. The lowest BCUT2D eigenvalue weighted by molar-refractivity contribution is -0.120. The monoisotopic (exact) mass is 291 g/mol. The van der Waals surface area contributed by atoms with E-state index in [-0.39, 0.29) is 12.3 Å². The molecule has 106 valence electrons. The number of rotatable bonds is 3. The van der Waals surface area contributed by atoms with E-state index >= 15 is 0 Å². The topological polar surface area (TPSA) is 62.0 Å². The van der Waals surface area contributed by atoms with Crippen molar-refractivity contribution in [2.75, 3.05) is 20.1 Å². The largest absolute Gasteiger partial charge is 0.306 e.